The second kappa shape index (κ2) is 3.94. The zero-order chi connectivity index (χ0) is 13.7. The molecular weight excluding hydrogens is 236 g/mol. The summed E-state index contributed by atoms with van der Waals surface area (Å²) in [5, 5.41) is 8.83. The van der Waals surface area contributed by atoms with Gasteiger partial charge in [0.2, 0.25) is 0 Å². The standard InChI is InChI=1S/C15H20N4/c1-14-8-18(3)9-15(14,2)11-19(10-14)13-5-4-12(6-16)7-17-13/h4-5,7H,8-11H2,1-3H3/t14-,15-/m1/s1. The zero-order valence-electron chi connectivity index (χ0n) is 11.8. The van der Waals surface area contributed by atoms with Crippen LogP contribution >= 0.6 is 0 Å². The lowest BCUT2D eigenvalue weighted by Gasteiger charge is -2.30. The first-order valence-electron chi connectivity index (χ1n) is 6.75. The van der Waals surface area contributed by atoms with E-state index in [1.54, 1.807) is 6.20 Å². The predicted octanol–water partition coefficient (Wildman–Crippen LogP) is 1.73. The van der Waals surface area contributed by atoms with E-state index in [1.165, 1.54) is 0 Å². The molecule has 0 aliphatic carbocycles. The molecule has 2 atom stereocenters. The van der Waals surface area contributed by atoms with Gasteiger partial charge in [-0.2, -0.15) is 5.26 Å². The quantitative estimate of drug-likeness (QED) is 0.767. The van der Waals surface area contributed by atoms with E-state index in [0.717, 1.165) is 32.0 Å². The number of hydrogen-bond donors (Lipinski definition) is 0. The highest BCUT2D eigenvalue weighted by Gasteiger charge is 2.56. The number of nitriles is 1. The molecule has 4 nitrogen and oxygen atoms in total. The van der Waals surface area contributed by atoms with Crippen molar-refractivity contribution in [2.45, 2.75) is 13.8 Å². The number of pyridine rings is 1. The Morgan fingerprint density at radius 1 is 1.16 bits per heavy atom. The summed E-state index contributed by atoms with van der Waals surface area (Å²) in [5.41, 5.74) is 1.29. The van der Waals surface area contributed by atoms with Crippen molar-refractivity contribution >= 4 is 5.82 Å². The minimum absolute atomic E-state index is 0.331. The lowest BCUT2D eigenvalue weighted by molar-refractivity contribution is 0.212. The molecule has 3 rings (SSSR count). The molecule has 0 aromatic carbocycles. The van der Waals surface area contributed by atoms with Crippen molar-refractivity contribution in [1.82, 2.24) is 9.88 Å². The molecule has 2 aliphatic heterocycles. The van der Waals surface area contributed by atoms with Crippen LogP contribution in [-0.2, 0) is 0 Å². The maximum atomic E-state index is 8.83. The summed E-state index contributed by atoms with van der Waals surface area (Å²) >= 11 is 0. The van der Waals surface area contributed by atoms with E-state index in [9.17, 15) is 0 Å². The van der Waals surface area contributed by atoms with Crippen molar-refractivity contribution in [3.05, 3.63) is 23.9 Å². The Labute approximate surface area is 114 Å². The Morgan fingerprint density at radius 3 is 2.26 bits per heavy atom. The maximum absolute atomic E-state index is 8.83. The van der Waals surface area contributed by atoms with E-state index in [0.29, 0.717) is 16.4 Å². The van der Waals surface area contributed by atoms with E-state index in [4.69, 9.17) is 5.26 Å². The second-order valence-electron chi connectivity index (χ2n) is 6.67. The minimum Gasteiger partial charge on any atom is -0.355 e. The molecule has 0 amide bonds. The third-order valence-corrected chi connectivity index (χ3v) is 4.98. The van der Waals surface area contributed by atoms with Gasteiger partial charge in [-0.15, -0.1) is 0 Å². The molecule has 0 radical (unpaired) electrons. The van der Waals surface area contributed by atoms with Gasteiger partial charge in [0.1, 0.15) is 11.9 Å². The fraction of sp³-hybridized carbons (Fsp3) is 0.600. The summed E-state index contributed by atoms with van der Waals surface area (Å²) < 4.78 is 0. The molecule has 1 aromatic rings. The average molecular weight is 256 g/mol. The first kappa shape index (κ1) is 12.4. The van der Waals surface area contributed by atoms with Gasteiger partial charge >= 0.3 is 0 Å². The van der Waals surface area contributed by atoms with Crippen LogP contribution in [0.1, 0.15) is 19.4 Å². The smallest absolute Gasteiger partial charge is 0.128 e. The van der Waals surface area contributed by atoms with Crippen molar-refractivity contribution < 1.29 is 0 Å². The molecule has 0 saturated carbocycles. The summed E-state index contributed by atoms with van der Waals surface area (Å²) in [6, 6.07) is 5.94. The number of fused-ring (bicyclic) bond motifs is 1. The van der Waals surface area contributed by atoms with Crippen LogP contribution in [0.25, 0.3) is 0 Å². The van der Waals surface area contributed by atoms with Gasteiger partial charge in [0.15, 0.2) is 0 Å². The normalized spacial score (nSPS) is 34.3. The molecule has 0 bridgehead atoms. The van der Waals surface area contributed by atoms with Crippen LogP contribution in [0.4, 0.5) is 5.82 Å². The predicted molar refractivity (Wildman–Crippen MR) is 74.9 cm³/mol. The molecule has 2 fully saturated rings. The monoisotopic (exact) mass is 256 g/mol. The molecule has 1 aromatic heterocycles. The van der Waals surface area contributed by atoms with Crippen LogP contribution in [0.5, 0.6) is 0 Å². The van der Waals surface area contributed by atoms with E-state index in [2.05, 4.69) is 41.7 Å². The molecule has 0 spiro atoms. The summed E-state index contributed by atoms with van der Waals surface area (Å²) in [7, 11) is 2.21. The van der Waals surface area contributed by atoms with Crippen LogP contribution in [0.15, 0.2) is 18.3 Å². The number of aromatic nitrogens is 1. The summed E-state index contributed by atoms with van der Waals surface area (Å²) in [6.07, 6.45) is 1.67. The van der Waals surface area contributed by atoms with Crippen LogP contribution in [0, 0.1) is 22.2 Å². The Morgan fingerprint density at radius 2 is 1.79 bits per heavy atom. The highest BCUT2D eigenvalue weighted by Crippen LogP contribution is 2.51. The Kier molecular flexibility index (Phi) is 2.58. The Hall–Kier alpha value is -1.60. The van der Waals surface area contributed by atoms with E-state index < -0.39 is 0 Å². The van der Waals surface area contributed by atoms with Gasteiger partial charge in [-0.3, -0.25) is 0 Å². The third kappa shape index (κ3) is 1.81. The van der Waals surface area contributed by atoms with Crippen molar-refractivity contribution in [2.75, 3.05) is 38.1 Å². The largest absolute Gasteiger partial charge is 0.355 e. The van der Waals surface area contributed by atoms with Crippen LogP contribution in [0.2, 0.25) is 0 Å². The van der Waals surface area contributed by atoms with Crippen molar-refractivity contribution in [2.24, 2.45) is 10.8 Å². The molecular formula is C15H20N4. The van der Waals surface area contributed by atoms with Crippen molar-refractivity contribution in [3.63, 3.8) is 0 Å². The number of likely N-dealkylation sites (tertiary alicyclic amines) is 1. The molecule has 2 aliphatic rings. The first-order valence-corrected chi connectivity index (χ1v) is 6.75. The molecule has 0 N–H and O–H groups in total. The molecule has 19 heavy (non-hydrogen) atoms. The minimum atomic E-state index is 0.331. The van der Waals surface area contributed by atoms with Crippen molar-refractivity contribution in [3.8, 4) is 6.07 Å². The van der Waals surface area contributed by atoms with E-state index in [-0.39, 0.29) is 0 Å². The highest BCUT2D eigenvalue weighted by molar-refractivity contribution is 5.45. The number of rotatable bonds is 1. The Balaban J connectivity index is 1.85. The third-order valence-electron chi connectivity index (χ3n) is 4.98. The fourth-order valence-corrected chi connectivity index (χ4v) is 3.81. The van der Waals surface area contributed by atoms with Crippen molar-refractivity contribution in [1.29, 1.82) is 5.26 Å². The Bertz CT molecular complexity index is 512. The average Bonchev–Trinajstić information content (AvgIpc) is 2.72. The lowest BCUT2D eigenvalue weighted by Crippen LogP contribution is -2.34. The topological polar surface area (TPSA) is 43.2 Å². The summed E-state index contributed by atoms with van der Waals surface area (Å²) in [5.74, 6) is 0.999. The number of hydrogen-bond acceptors (Lipinski definition) is 4. The summed E-state index contributed by atoms with van der Waals surface area (Å²) in [6.45, 7) is 9.17. The van der Waals surface area contributed by atoms with E-state index in [1.807, 2.05) is 12.1 Å². The van der Waals surface area contributed by atoms with Gasteiger partial charge in [0, 0.05) is 43.2 Å². The molecule has 3 heterocycles. The fourth-order valence-electron chi connectivity index (χ4n) is 3.81. The van der Waals surface area contributed by atoms with Gasteiger partial charge in [-0.25, -0.2) is 4.98 Å². The highest BCUT2D eigenvalue weighted by atomic mass is 15.3. The first-order chi connectivity index (χ1) is 8.96. The number of anilines is 1. The van der Waals surface area contributed by atoms with Crippen LogP contribution in [-0.4, -0.2) is 43.1 Å². The van der Waals surface area contributed by atoms with E-state index >= 15 is 0 Å². The van der Waals surface area contributed by atoms with Gasteiger partial charge in [-0.1, -0.05) is 13.8 Å². The lowest BCUT2D eigenvalue weighted by atomic mass is 9.71. The molecule has 2 saturated heterocycles. The second-order valence-corrected chi connectivity index (χ2v) is 6.67. The van der Waals surface area contributed by atoms with Gasteiger partial charge in [0.05, 0.1) is 5.56 Å². The summed E-state index contributed by atoms with van der Waals surface area (Å²) in [4.78, 5) is 9.23. The molecule has 4 heteroatoms. The van der Waals surface area contributed by atoms with Gasteiger partial charge in [0.25, 0.3) is 0 Å². The number of nitrogens with zero attached hydrogens (tertiary/aromatic N) is 4. The van der Waals surface area contributed by atoms with Crippen LogP contribution in [0.3, 0.4) is 0 Å². The van der Waals surface area contributed by atoms with Gasteiger partial charge in [-0.05, 0) is 19.2 Å². The maximum Gasteiger partial charge on any atom is 0.128 e. The van der Waals surface area contributed by atoms with Gasteiger partial charge < -0.3 is 9.80 Å². The molecule has 0 unspecified atom stereocenters. The van der Waals surface area contributed by atoms with Crippen LogP contribution < -0.4 is 4.90 Å². The molecule has 100 valence electrons. The SMILES string of the molecule is CN1C[C@]2(C)CN(c3ccc(C#N)cn3)C[C@@]2(C)C1. The zero-order valence-corrected chi connectivity index (χ0v) is 11.8.